The van der Waals surface area contributed by atoms with E-state index in [2.05, 4.69) is 78.9 Å². The summed E-state index contributed by atoms with van der Waals surface area (Å²) in [4.78, 5) is 14.6. The Morgan fingerprint density at radius 3 is 1.27 bits per heavy atom. The largest absolute Gasteiger partial charge is 0.208 e. The van der Waals surface area contributed by atoms with Crippen LogP contribution in [-0.4, -0.2) is 15.0 Å². The first-order valence-corrected chi connectivity index (χ1v) is 13.5. The van der Waals surface area contributed by atoms with E-state index in [4.69, 9.17) is 15.0 Å². The fourth-order valence-electron chi connectivity index (χ4n) is 5.80. The summed E-state index contributed by atoms with van der Waals surface area (Å²) in [6.45, 7) is 0. The van der Waals surface area contributed by atoms with Crippen molar-refractivity contribution in [3.63, 3.8) is 0 Å². The predicted octanol–water partition coefficient (Wildman–Crippen LogP) is 9.34. The van der Waals surface area contributed by atoms with E-state index >= 15 is 0 Å². The maximum Gasteiger partial charge on any atom is 0.164 e. The monoisotopic (exact) mass is 509 g/mol. The number of benzene rings is 6. The maximum absolute atomic E-state index is 4.88. The summed E-state index contributed by atoms with van der Waals surface area (Å²) in [6, 6.07) is 48.6. The molecule has 0 amide bonds. The van der Waals surface area contributed by atoms with Gasteiger partial charge in [0, 0.05) is 16.7 Å². The molecule has 0 radical (unpaired) electrons. The van der Waals surface area contributed by atoms with Crippen LogP contribution in [0.25, 0.3) is 78.3 Å². The number of aromatic nitrogens is 3. The number of nitrogens with zero attached hydrogens (tertiary/aromatic N) is 3. The summed E-state index contributed by atoms with van der Waals surface area (Å²) in [6.07, 6.45) is 0. The van der Waals surface area contributed by atoms with Gasteiger partial charge in [-0.3, -0.25) is 0 Å². The van der Waals surface area contributed by atoms with Crippen LogP contribution in [0.5, 0.6) is 0 Å². The highest BCUT2D eigenvalue weighted by Gasteiger charge is 2.22. The van der Waals surface area contributed by atoms with Gasteiger partial charge in [-0.05, 0) is 44.2 Å². The zero-order valence-corrected chi connectivity index (χ0v) is 21.6. The Hall–Kier alpha value is -5.41. The summed E-state index contributed by atoms with van der Waals surface area (Å²) in [7, 11) is 0. The molecule has 6 aromatic carbocycles. The molecule has 0 fully saturated rings. The van der Waals surface area contributed by atoms with Crippen molar-refractivity contribution in [1.82, 2.24) is 15.0 Å². The zero-order valence-electron chi connectivity index (χ0n) is 21.6. The zero-order chi connectivity index (χ0) is 26.5. The van der Waals surface area contributed by atoms with Crippen LogP contribution in [0.3, 0.4) is 0 Å². The molecule has 186 valence electrons. The quantitative estimate of drug-likeness (QED) is 0.237. The molecule has 0 bridgehead atoms. The standard InChI is InChI=1S/C37H23N3/c1-3-10-25(11-4-1)35-38-36(26-12-5-2-6-13-26)40-37(39-35)27-20-18-24(19-21-27)28-22-23-33-30-15-8-7-14-29(30)32-17-9-16-31(28)34(32)33/h1-23H. The molecule has 0 saturated heterocycles. The van der Waals surface area contributed by atoms with E-state index < -0.39 is 0 Å². The summed E-state index contributed by atoms with van der Waals surface area (Å²) in [5.41, 5.74) is 10.5. The van der Waals surface area contributed by atoms with Gasteiger partial charge in [0.1, 0.15) is 0 Å². The molecule has 0 spiro atoms. The topological polar surface area (TPSA) is 38.7 Å². The van der Waals surface area contributed by atoms with Crippen molar-refractivity contribution < 1.29 is 0 Å². The number of hydrogen-bond acceptors (Lipinski definition) is 3. The van der Waals surface area contributed by atoms with E-state index in [0.29, 0.717) is 17.5 Å². The molecule has 1 aromatic heterocycles. The molecule has 1 aliphatic rings. The molecule has 0 atom stereocenters. The van der Waals surface area contributed by atoms with Crippen molar-refractivity contribution in [1.29, 1.82) is 0 Å². The minimum Gasteiger partial charge on any atom is -0.208 e. The van der Waals surface area contributed by atoms with Crippen molar-refractivity contribution in [3.8, 4) is 67.5 Å². The second-order valence-corrected chi connectivity index (χ2v) is 10.1. The lowest BCUT2D eigenvalue weighted by Gasteiger charge is -2.11. The van der Waals surface area contributed by atoms with E-state index in [9.17, 15) is 0 Å². The van der Waals surface area contributed by atoms with E-state index in [-0.39, 0.29) is 0 Å². The number of fused-ring (bicyclic) bond motifs is 3. The molecule has 40 heavy (non-hydrogen) atoms. The van der Waals surface area contributed by atoms with Gasteiger partial charge in [0.25, 0.3) is 0 Å². The average Bonchev–Trinajstić information content (AvgIpc) is 3.37. The summed E-state index contributed by atoms with van der Waals surface area (Å²) >= 11 is 0. The number of hydrogen-bond donors (Lipinski definition) is 0. The first-order chi connectivity index (χ1) is 19.8. The van der Waals surface area contributed by atoms with Gasteiger partial charge in [-0.15, -0.1) is 0 Å². The molecule has 0 saturated carbocycles. The van der Waals surface area contributed by atoms with Gasteiger partial charge in [-0.1, -0.05) is 140 Å². The van der Waals surface area contributed by atoms with Gasteiger partial charge in [0.2, 0.25) is 0 Å². The summed E-state index contributed by atoms with van der Waals surface area (Å²) < 4.78 is 0. The lowest BCUT2D eigenvalue weighted by atomic mass is 9.94. The third kappa shape index (κ3) is 3.63. The van der Waals surface area contributed by atoms with Crippen molar-refractivity contribution in [2.24, 2.45) is 0 Å². The van der Waals surface area contributed by atoms with E-state index in [1.165, 1.54) is 44.2 Å². The normalized spacial score (nSPS) is 11.5. The third-order valence-corrected chi connectivity index (χ3v) is 7.70. The fraction of sp³-hybridized carbons (Fsp3) is 0. The van der Waals surface area contributed by atoms with Crippen molar-refractivity contribution in [3.05, 3.63) is 140 Å². The molecule has 0 N–H and O–H groups in total. The first-order valence-electron chi connectivity index (χ1n) is 13.5. The predicted molar refractivity (Wildman–Crippen MR) is 164 cm³/mol. The molecule has 8 rings (SSSR count). The van der Waals surface area contributed by atoms with Crippen molar-refractivity contribution in [2.45, 2.75) is 0 Å². The van der Waals surface area contributed by atoms with Crippen molar-refractivity contribution in [2.75, 3.05) is 0 Å². The molecule has 1 heterocycles. The third-order valence-electron chi connectivity index (χ3n) is 7.70. The highest BCUT2D eigenvalue weighted by molar-refractivity contribution is 6.18. The smallest absolute Gasteiger partial charge is 0.164 e. The van der Waals surface area contributed by atoms with Crippen LogP contribution in [0.1, 0.15) is 0 Å². The minimum absolute atomic E-state index is 0.662. The molecular weight excluding hydrogens is 486 g/mol. The van der Waals surface area contributed by atoms with E-state index in [1.807, 2.05) is 60.7 Å². The van der Waals surface area contributed by atoms with Crippen LogP contribution in [0, 0.1) is 0 Å². The Morgan fingerprint density at radius 2 is 0.700 bits per heavy atom. The van der Waals surface area contributed by atoms with Crippen LogP contribution < -0.4 is 0 Å². The van der Waals surface area contributed by atoms with Gasteiger partial charge in [-0.25, -0.2) is 15.0 Å². The lowest BCUT2D eigenvalue weighted by Crippen LogP contribution is -2.00. The van der Waals surface area contributed by atoms with E-state index in [0.717, 1.165) is 16.7 Å². The Bertz CT molecular complexity index is 1940. The second kappa shape index (κ2) is 9.11. The fourth-order valence-corrected chi connectivity index (χ4v) is 5.80. The Kier molecular flexibility index (Phi) is 5.14. The Balaban J connectivity index is 1.23. The van der Waals surface area contributed by atoms with Gasteiger partial charge in [0.05, 0.1) is 0 Å². The van der Waals surface area contributed by atoms with Gasteiger partial charge in [-0.2, -0.15) is 0 Å². The second-order valence-electron chi connectivity index (χ2n) is 10.1. The van der Waals surface area contributed by atoms with Crippen LogP contribution in [0.4, 0.5) is 0 Å². The highest BCUT2D eigenvalue weighted by Crippen LogP contribution is 2.49. The van der Waals surface area contributed by atoms with Crippen LogP contribution in [-0.2, 0) is 0 Å². The SMILES string of the molecule is c1ccc(-c2nc(-c3ccccc3)nc(-c3ccc(-c4ccc5c6c(cccc46)-c4ccccc4-5)cc3)n2)cc1. The Labute approximate surface area is 232 Å². The summed E-state index contributed by atoms with van der Waals surface area (Å²) in [5, 5.41) is 2.61. The molecular formula is C37H23N3. The molecule has 0 unspecified atom stereocenters. The summed E-state index contributed by atoms with van der Waals surface area (Å²) in [5.74, 6) is 2.00. The molecule has 0 aliphatic heterocycles. The highest BCUT2D eigenvalue weighted by atomic mass is 15.0. The molecule has 3 nitrogen and oxygen atoms in total. The van der Waals surface area contributed by atoms with Gasteiger partial charge in [0.15, 0.2) is 17.5 Å². The van der Waals surface area contributed by atoms with Crippen LogP contribution >= 0.6 is 0 Å². The molecule has 3 heteroatoms. The average molecular weight is 510 g/mol. The maximum atomic E-state index is 4.88. The first kappa shape index (κ1) is 22.6. The molecule has 1 aliphatic carbocycles. The number of rotatable bonds is 4. The van der Waals surface area contributed by atoms with Crippen molar-refractivity contribution >= 4 is 10.8 Å². The minimum atomic E-state index is 0.662. The van der Waals surface area contributed by atoms with Gasteiger partial charge >= 0.3 is 0 Å². The van der Waals surface area contributed by atoms with E-state index in [1.54, 1.807) is 0 Å². The lowest BCUT2D eigenvalue weighted by molar-refractivity contribution is 1.07. The van der Waals surface area contributed by atoms with Crippen LogP contribution in [0.2, 0.25) is 0 Å². The van der Waals surface area contributed by atoms with Crippen LogP contribution in [0.15, 0.2) is 140 Å². The molecule has 7 aromatic rings. The Morgan fingerprint density at radius 1 is 0.275 bits per heavy atom. The van der Waals surface area contributed by atoms with Gasteiger partial charge < -0.3 is 0 Å².